The second kappa shape index (κ2) is 8.53. The van der Waals surface area contributed by atoms with Gasteiger partial charge in [-0.2, -0.15) is 0 Å². The van der Waals surface area contributed by atoms with Crippen LogP contribution in [0.5, 0.6) is 5.75 Å². The number of ether oxygens (including phenoxy) is 1. The van der Waals surface area contributed by atoms with Crippen LogP contribution in [0.2, 0.25) is 0 Å². The van der Waals surface area contributed by atoms with Gasteiger partial charge in [-0.05, 0) is 17.7 Å². The summed E-state index contributed by atoms with van der Waals surface area (Å²) in [5, 5.41) is 5.58. The molecule has 0 radical (unpaired) electrons. The molecule has 1 aliphatic rings. The molecule has 0 spiro atoms. The first kappa shape index (κ1) is 18.0. The van der Waals surface area contributed by atoms with Gasteiger partial charge in [0.1, 0.15) is 11.0 Å². The zero-order valence-electron chi connectivity index (χ0n) is 14.3. The van der Waals surface area contributed by atoms with Crippen molar-refractivity contribution in [2.24, 2.45) is 4.99 Å². The lowest BCUT2D eigenvalue weighted by molar-refractivity contribution is -0.122. The third-order valence-corrected chi connectivity index (χ3v) is 4.90. The van der Waals surface area contributed by atoms with Gasteiger partial charge in [-0.3, -0.25) is 14.6 Å². The fraction of sp³-hybridized carbons (Fsp3) is 0.211. The Morgan fingerprint density at radius 3 is 2.69 bits per heavy atom. The van der Waals surface area contributed by atoms with Crippen molar-refractivity contribution in [3.63, 3.8) is 0 Å². The molecule has 0 aliphatic carbocycles. The van der Waals surface area contributed by atoms with Gasteiger partial charge < -0.3 is 15.4 Å². The van der Waals surface area contributed by atoms with E-state index in [1.54, 1.807) is 19.2 Å². The van der Waals surface area contributed by atoms with E-state index in [0.29, 0.717) is 23.1 Å². The van der Waals surface area contributed by atoms with Gasteiger partial charge in [-0.15, -0.1) is 0 Å². The Balaban J connectivity index is 1.56. The van der Waals surface area contributed by atoms with Crippen molar-refractivity contribution in [1.29, 1.82) is 0 Å². The number of amidine groups is 1. The summed E-state index contributed by atoms with van der Waals surface area (Å²) in [5.41, 5.74) is 1.65. The predicted octanol–water partition coefficient (Wildman–Crippen LogP) is 2.81. The van der Waals surface area contributed by atoms with Crippen molar-refractivity contribution in [1.82, 2.24) is 5.32 Å². The zero-order valence-corrected chi connectivity index (χ0v) is 15.1. The molecule has 2 aromatic rings. The van der Waals surface area contributed by atoms with Crippen molar-refractivity contribution < 1.29 is 14.3 Å². The van der Waals surface area contributed by atoms with Crippen molar-refractivity contribution in [3.8, 4) is 5.75 Å². The highest BCUT2D eigenvalue weighted by molar-refractivity contribution is 8.15. The Bertz CT molecular complexity index is 824. The molecule has 134 valence electrons. The van der Waals surface area contributed by atoms with Crippen molar-refractivity contribution in [2.75, 3.05) is 12.4 Å². The Kier molecular flexibility index (Phi) is 5.91. The molecule has 1 saturated heterocycles. The molecule has 3 rings (SSSR count). The average Bonchev–Trinajstić information content (AvgIpc) is 3.00. The summed E-state index contributed by atoms with van der Waals surface area (Å²) in [6, 6.07) is 16.9. The predicted molar refractivity (Wildman–Crippen MR) is 103 cm³/mol. The summed E-state index contributed by atoms with van der Waals surface area (Å²) >= 11 is 1.28. The minimum absolute atomic E-state index is 0.0684. The van der Waals surface area contributed by atoms with E-state index in [0.717, 1.165) is 5.56 Å². The van der Waals surface area contributed by atoms with Gasteiger partial charge >= 0.3 is 0 Å². The Morgan fingerprint density at radius 2 is 1.92 bits per heavy atom. The minimum Gasteiger partial charge on any atom is -0.495 e. The van der Waals surface area contributed by atoms with E-state index in [9.17, 15) is 9.59 Å². The lowest BCUT2D eigenvalue weighted by Gasteiger charge is -2.10. The molecule has 6 nitrogen and oxygen atoms in total. The van der Waals surface area contributed by atoms with Gasteiger partial charge in [0.25, 0.3) is 0 Å². The molecule has 2 N–H and O–H groups in total. The molecule has 26 heavy (non-hydrogen) atoms. The largest absolute Gasteiger partial charge is 0.495 e. The molecule has 1 heterocycles. The second-order valence-corrected chi connectivity index (χ2v) is 6.85. The van der Waals surface area contributed by atoms with E-state index in [1.165, 1.54) is 11.8 Å². The summed E-state index contributed by atoms with van der Waals surface area (Å²) in [5.74, 6) is 0.137. The summed E-state index contributed by atoms with van der Waals surface area (Å²) in [7, 11) is 1.54. The van der Waals surface area contributed by atoms with Gasteiger partial charge in [-0.25, -0.2) is 0 Å². The molecule has 1 aliphatic heterocycles. The van der Waals surface area contributed by atoms with E-state index in [1.807, 2.05) is 42.5 Å². The molecule has 0 bridgehead atoms. The van der Waals surface area contributed by atoms with E-state index in [4.69, 9.17) is 4.74 Å². The standard InChI is InChI=1S/C19H19N3O3S/c1-25-15-10-6-5-9-14(15)21-17(23)11-16-18(24)22-19(26-16)20-12-13-7-3-2-4-8-13/h2-10,16H,11-12H2,1H3,(H,21,23)(H,20,22,24). The first-order valence-electron chi connectivity index (χ1n) is 8.14. The van der Waals surface area contributed by atoms with Crippen molar-refractivity contribution in [3.05, 3.63) is 60.2 Å². The number of hydrogen-bond donors (Lipinski definition) is 2. The molecule has 1 unspecified atom stereocenters. The molecule has 1 fully saturated rings. The topological polar surface area (TPSA) is 79.8 Å². The normalized spacial score (nSPS) is 17.8. The average molecular weight is 369 g/mol. The Morgan fingerprint density at radius 1 is 1.19 bits per heavy atom. The summed E-state index contributed by atoms with van der Waals surface area (Å²) < 4.78 is 5.21. The number of nitrogens with zero attached hydrogens (tertiary/aromatic N) is 1. The smallest absolute Gasteiger partial charge is 0.240 e. The van der Waals surface area contributed by atoms with Crippen LogP contribution in [0, 0.1) is 0 Å². The van der Waals surface area contributed by atoms with Crippen LogP contribution >= 0.6 is 11.8 Å². The van der Waals surface area contributed by atoms with E-state index < -0.39 is 5.25 Å². The van der Waals surface area contributed by atoms with E-state index >= 15 is 0 Å². The lowest BCUT2D eigenvalue weighted by Crippen LogP contribution is -2.28. The van der Waals surface area contributed by atoms with Gasteiger partial charge in [0, 0.05) is 6.42 Å². The highest BCUT2D eigenvalue weighted by Gasteiger charge is 2.32. The minimum atomic E-state index is -0.487. The molecule has 2 aromatic carbocycles. The summed E-state index contributed by atoms with van der Waals surface area (Å²) in [6.45, 7) is 0.490. The third-order valence-electron chi connectivity index (χ3n) is 3.78. The highest BCUT2D eigenvalue weighted by Crippen LogP contribution is 2.26. The number of para-hydroxylation sites is 2. The number of hydrogen-bond acceptors (Lipinski definition) is 5. The first-order valence-corrected chi connectivity index (χ1v) is 9.02. The highest BCUT2D eigenvalue weighted by atomic mass is 32.2. The van der Waals surface area contributed by atoms with Gasteiger partial charge in [0.05, 0.1) is 19.3 Å². The van der Waals surface area contributed by atoms with Crippen LogP contribution in [0.4, 0.5) is 5.69 Å². The maximum absolute atomic E-state index is 12.3. The number of carbonyl (C=O) groups is 2. The molecular formula is C19H19N3O3S. The van der Waals surface area contributed by atoms with Gasteiger partial charge in [-0.1, -0.05) is 54.2 Å². The number of nitrogens with one attached hydrogen (secondary N) is 2. The van der Waals surface area contributed by atoms with Crippen molar-refractivity contribution >= 4 is 34.4 Å². The Hall–Kier alpha value is -2.80. The Labute approximate surface area is 156 Å². The zero-order chi connectivity index (χ0) is 18.4. The van der Waals surface area contributed by atoms with Crippen LogP contribution in [-0.2, 0) is 16.1 Å². The van der Waals surface area contributed by atoms with Crippen LogP contribution in [-0.4, -0.2) is 29.3 Å². The third kappa shape index (κ3) is 4.64. The maximum Gasteiger partial charge on any atom is 0.240 e. The number of carbonyl (C=O) groups excluding carboxylic acids is 2. The molecule has 2 amide bonds. The SMILES string of the molecule is COc1ccccc1NC(=O)CC1SC(=NCc2ccccc2)NC1=O. The molecule has 0 saturated carbocycles. The van der Waals surface area contributed by atoms with Crippen LogP contribution < -0.4 is 15.4 Å². The number of amides is 2. The van der Waals surface area contributed by atoms with Gasteiger partial charge in [0.15, 0.2) is 5.17 Å². The summed E-state index contributed by atoms with van der Waals surface area (Å²) in [6.07, 6.45) is 0.0684. The summed E-state index contributed by atoms with van der Waals surface area (Å²) in [4.78, 5) is 28.8. The fourth-order valence-corrected chi connectivity index (χ4v) is 3.45. The molecular weight excluding hydrogens is 350 g/mol. The van der Waals surface area contributed by atoms with Crippen LogP contribution in [0.25, 0.3) is 0 Å². The monoisotopic (exact) mass is 369 g/mol. The number of benzene rings is 2. The van der Waals surface area contributed by atoms with E-state index in [-0.39, 0.29) is 18.2 Å². The van der Waals surface area contributed by atoms with Gasteiger partial charge in [0.2, 0.25) is 11.8 Å². The molecule has 7 heteroatoms. The first-order chi connectivity index (χ1) is 12.7. The number of thioether (sulfide) groups is 1. The number of rotatable bonds is 6. The number of methoxy groups -OCH3 is 1. The van der Waals surface area contributed by atoms with Crippen LogP contribution in [0.15, 0.2) is 59.6 Å². The lowest BCUT2D eigenvalue weighted by atomic mass is 10.2. The second-order valence-electron chi connectivity index (χ2n) is 5.66. The van der Waals surface area contributed by atoms with Crippen LogP contribution in [0.3, 0.4) is 0 Å². The quantitative estimate of drug-likeness (QED) is 0.821. The fourth-order valence-electron chi connectivity index (χ4n) is 2.48. The molecule has 1 atom stereocenters. The van der Waals surface area contributed by atoms with Crippen molar-refractivity contribution in [2.45, 2.75) is 18.2 Å². The number of anilines is 1. The van der Waals surface area contributed by atoms with Crippen LogP contribution in [0.1, 0.15) is 12.0 Å². The maximum atomic E-state index is 12.3. The molecule has 0 aromatic heterocycles. The number of aliphatic imine (C=N–C) groups is 1. The van der Waals surface area contributed by atoms with E-state index in [2.05, 4.69) is 15.6 Å².